The molecule has 1 aliphatic carbocycles. The zero-order valence-electron chi connectivity index (χ0n) is 22.7. The van der Waals surface area contributed by atoms with Crippen molar-refractivity contribution in [2.75, 3.05) is 13.6 Å². The van der Waals surface area contributed by atoms with Crippen LogP contribution in [0.2, 0.25) is 0 Å². The number of nitrogens with one attached hydrogen (secondary N) is 2. The Bertz CT molecular complexity index is 1130. The van der Waals surface area contributed by atoms with E-state index in [1.165, 1.54) is 23.0 Å². The summed E-state index contributed by atoms with van der Waals surface area (Å²) in [5, 5.41) is 12.6. The van der Waals surface area contributed by atoms with Crippen LogP contribution in [0.15, 0.2) is 24.3 Å². The number of alkyl halides is 4. The van der Waals surface area contributed by atoms with Crippen molar-refractivity contribution in [3.63, 3.8) is 0 Å². The fraction of sp³-hybridized carbons (Fsp3) is 0.571. The minimum atomic E-state index is -5.08. The summed E-state index contributed by atoms with van der Waals surface area (Å²) in [6.07, 6.45) is 3.44. The average molecular weight is 570 g/mol. The number of nitrogens with zero attached hydrogens (tertiary/aromatic N) is 1. The third kappa shape index (κ3) is 8.78. The van der Waals surface area contributed by atoms with Crippen molar-refractivity contribution >= 4 is 23.6 Å². The van der Waals surface area contributed by atoms with E-state index in [-0.39, 0.29) is 43.4 Å². The lowest BCUT2D eigenvalue weighted by molar-refractivity contribution is -0.192. The summed E-state index contributed by atoms with van der Waals surface area (Å²) in [6, 6.07) is 5.75. The molecule has 1 saturated heterocycles. The second-order valence-corrected chi connectivity index (χ2v) is 10.3. The van der Waals surface area contributed by atoms with Gasteiger partial charge in [0.15, 0.2) is 5.78 Å². The van der Waals surface area contributed by atoms with Crippen molar-refractivity contribution in [3.05, 3.63) is 35.4 Å². The first-order chi connectivity index (χ1) is 18.6. The van der Waals surface area contributed by atoms with Gasteiger partial charge in [-0.05, 0) is 57.2 Å². The lowest BCUT2D eigenvalue weighted by atomic mass is 9.79. The SMILES string of the molecule is C#CC[C@H](NC(=O)[C@H](C)NC)C(=O)N1C[C@@](C)(F)C[C@H]1C(=O)C[C@@H]1CCCc2ccccc21.O=C(O)C(F)(F)F. The molecule has 40 heavy (non-hydrogen) atoms. The van der Waals surface area contributed by atoms with Crippen LogP contribution < -0.4 is 10.6 Å². The second kappa shape index (κ2) is 13.7. The Morgan fingerprint density at radius 1 is 1.25 bits per heavy atom. The van der Waals surface area contributed by atoms with Gasteiger partial charge in [0.25, 0.3) is 0 Å². The summed E-state index contributed by atoms with van der Waals surface area (Å²) in [5.41, 5.74) is 0.755. The summed E-state index contributed by atoms with van der Waals surface area (Å²) < 4.78 is 46.8. The molecule has 12 heteroatoms. The van der Waals surface area contributed by atoms with Crippen LogP contribution >= 0.6 is 0 Å². The molecule has 0 radical (unpaired) electrons. The van der Waals surface area contributed by atoms with Crippen LogP contribution in [0, 0.1) is 12.3 Å². The zero-order valence-corrected chi connectivity index (χ0v) is 22.7. The molecule has 1 aliphatic heterocycles. The van der Waals surface area contributed by atoms with Gasteiger partial charge in [-0.3, -0.25) is 14.4 Å². The fourth-order valence-corrected chi connectivity index (χ4v) is 4.95. The first kappa shape index (κ1) is 32.8. The maximum atomic E-state index is 15.1. The normalized spacial score (nSPS) is 23.5. The van der Waals surface area contributed by atoms with Crippen molar-refractivity contribution in [3.8, 4) is 12.3 Å². The molecule has 3 rings (SSSR count). The van der Waals surface area contributed by atoms with E-state index >= 15 is 4.39 Å². The van der Waals surface area contributed by atoms with Crippen molar-refractivity contribution in [2.24, 2.45) is 0 Å². The fourth-order valence-electron chi connectivity index (χ4n) is 4.95. The minimum Gasteiger partial charge on any atom is -0.475 e. The number of ketones is 1. The summed E-state index contributed by atoms with van der Waals surface area (Å²) in [4.78, 5) is 49.3. The minimum absolute atomic E-state index is 0.0303. The van der Waals surface area contributed by atoms with Crippen LogP contribution in [0.3, 0.4) is 0 Å². The molecule has 0 saturated carbocycles. The number of aryl methyl sites for hydroxylation is 1. The molecule has 1 fully saturated rings. The highest BCUT2D eigenvalue weighted by Crippen LogP contribution is 2.37. The number of likely N-dealkylation sites (tertiary alicyclic amines) is 1. The molecule has 2 amide bonds. The Morgan fingerprint density at radius 3 is 2.45 bits per heavy atom. The summed E-state index contributed by atoms with van der Waals surface area (Å²) >= 11 is 0. The molecule has 2 aliphatic rings. The average Bonchev–Trinajstić information content (AvgIpc) is 3.23. The van der Waals surface area contributed by atoms with Crippen LogP contribution in [-0.2, 0) is 25.6 Å². The van der Waals surface area contributed by atoms with Gasteiger partial charge in [0.2, 0.25) is 11.8 Å². The van der Waals surface area contributed by atoms with E-state index in [9.17, 15) is 27.6 Å². The molecule has 0 aromatic heterocycles. The predicted molar refractivity (Wildman–Crippen MR) is 139 cm³/mol. The molecule has 1 aromatic rings. The van der Waals surface area contributed by atoms with E-state index in [0.29, 0.717) is 0 Å². The predicted octanol–water partition coefficient (Wildman–Crippen LogP) is 3.14. The van der Waals surface area contributed by atoms with E-state index in [1.807, 2.05) is 12.1 Å². The Balaban J connectivity index is 0.000000708. The number of aliphatic carboxylic acids is 1. The van der Waals surface area contributed by atoms with E-state index in [4.69, 9.17) is 16.3 Å². The van der Waals surface area contributed by atoms with Gasteiger partial charge in [-0.2, -0.15) is 13.2 Å². The van der Waals surface area contributed by atoms with Crippen LogP contribution in [-0.4, -0.2) is 77.1 Å². The topological polar surface area (TPSA) is 116 Å². The number of terminal acetylenes is 1. The number of carboxylic acid groups (broad SMARTS) is 1. The number of rotatable bonds is 8. The second-order valence-electron chi connectivity index (χ2n) is 10.3. The molecule has 0 spiro atoms. The first-order valence-electron chi connectivity index (χ1n) is 12.9. The number of amides is 2. The summed E-state index contributed by atoms with van der Waals surface area (Å²) in [5.74, 6) is -1.29. The summed E-state index contributed by atoms with van der Waals surface area (Å²) in [6.45, 7) is 2.88. The molecule has 5 atom stereocenters. The van der Waals surface area contributed by atoms with Gasteiger partial charge in [-0.1, -0.05) is 24.3 Å². The van der Waals surface area contributed by atoms with Crippen LogP contribution in [0.5, 0.6) is 0 Å². The summed E-state index contributed by atoms with van der Waals surface area (Å²) in [7, 11) is 1.63. The van der Waals surface area contributed by atoms with Crippen molar-refractivity contribution in [1.29, 1.82) is 0 Å². The van der Waals surface area contributed by atoms with Gasteiger partial charge < -0.3 is 20.6 Å². The molecule has 220 valence electrons. The number of hydrogen-bond acceptors (Lipinski definition) is 5. The van der Waals surface area contributed by atoms with Crippen molar-refractivity contribution in [2.45, 2.75) is 88.3 Å². The van der Waals surface area contributed by atoms with Crippen molar-refractivity contribution < 1.29 is 41.8 Å². The van der Waals surface area contributed by atoms with E-state index in [0.717, 1.165) is 19.3 Å². The highest BCUT2D eigenvalue weighted by atomic mass is 19.4. The number of fused-ring (bicyclic) bond motifs is 1. The van der Waals surface area contributed by atoms with Gasteiger partial charge in [-0.15, -0.1) is 12.3 Å². The Morgan fingerprint density at radius 2 is 1.88 bits per heavy atom. The van der Waals surface area contributed by atoms with Gasteiger partial charge >= 0.3 is 12.1 Å². The molecule has 8 nitrogen and oxygen atoms in total. The highest BCUT2D eigenvalue weighted by Gasteiger charge is 2.48. The molecule has 0 unspecified atom stereocenters. The van der Waals surface area contributed by atoms with Crippen LogP contribution in [0.1, 0.15) is 63.0 Å². The number of likely N-dealkylation sites (N-methyl/N-ethyl adjacent to an activating group) is 1. The maximum absolute atomic E-state index is 15.1. The molecule has 0 bridgehead atoms. The Kier molecular flexibility index (Phi) is 11.3. The molecular formula is C28H35F4N3O5. The van der Waals surface area contributed by atoms with Gasteiger partial charge in [-0.25, -0.2) is 9.18 Å². The molecule has 1 aromatic carbocycles. The smallest absolute Gasteiger partial charge is 0.475 e. The number of carbonyl (C=O) groups is 4. The van der Waals surface area contributed by atoms with E-state index in [2.05, 4.69) is 28.7 Å². The van der Waals surface area contributed by atoms with Crippen LogP contribution in [0.4, 0.5) is 17.6 Å². The third-order valence-electron chi connectivity index (χ3n) is 7.10. The van der Waals surface area contributed by atoms with Crippen LogP contribution in [0.25, 0.3) is 0 Å². The van der Waals surface area contributed by atoms with Gasteiger partial charge in [0, 0.05) is 19.3 Å². The van der Waals surface area contributed by atoms with Gasteiger partial charge in [0.05, 0.1) is 18.6 Å². The molecule has 3 N–H and O–H groups in total. The lowest BCUT2D eigenvalue weighted by Crippen LogP contribution is -2.54. The maximum Gasteiger partial charge on any atom is 0.490 e. The number of Topliss-reactive ketones (excluding diaryl/α,β-unsaturated/α-hetero) is 1. The Labute approximate surface area is 230 Å². The number of carboxylic acids is 1. The number of halogens is 4. The first-order valence-corrected chi connectivity index (χ1v) is 12.9. The van der Waals surface area contributed by atoms with E-state index < -0.39 is 41.8 Å². The number of hydrogen-bond donors (Lipinski definition) is 3. The largest absolute Gasteiger partial charge is 0.490 e. The van der Waals surface area contributed by atoms with E-state index in [1.54, 1.807) is 14.0 Å². The van der Waals surface area contributed by atoms with Crippen molar-refractivity contribution in [1.82, 2.24) is 15.5 Å². The molecule has 1 heterocycles. The van der Waals surface area contributed by atoms with Gasteiger partial charge in [0.1, 0.15) is 11.7 Å². The standard InChI is InChI=1S/C26H34FN3O3.C2HF3O2/c1-5-9-21(29-24(32)17(2)28-4)25(33)30-16-26(3,27)15-22(30)23(31)14-19-12-8-11-18-10-6-7-13-20(18)19;3-2(4,5)1(6)7/h1,6-7,10,13,17,19,21-22,28H,8-9,11-12,14-16H2,2-4H3,(H,29,32);(H,6,7)/t17-,19-,21-,22-,26-;/m0./s1. The third-order valence-corrected chi connectivity index (χ3v) is 7.10. The quantitative estimate of drug-likeness (QED) is 0.327. The monoisotopic (exact) mass is 569 g/mol. The lowest BCUT2D eigenvalue weighted by Gasteiger charge is -2.30. The Hall–Kier alpha value is -3.46. The zero-order chi connectivity index (χ0) is 30.3. The highest BCUT2D eigenvalue weighted by molar-refractivity contribution is 5.94. The molecular weight excluding hydrogens is 534 g/mol. The number of benzene rings is 1. The number of carbonyl (C=O) groups excluding carboxylic acids is 3.